The van der Waals surface area contributed by atoms with Crippen molar-refractivity contribution >= 4 is 34.1 Å². The lowest BCUT2D eigenvalue weighted by atomic mass is 10.2. The first kappa shape index (κ1) is 13.2. The first-order valence-electron chi connectivity index (χ1n) is 5.55. The maximum Gasteiger partial charge on any atom is 0.263 e. The van der Waals surface area contributed by atoms with Gasteiger partial charge in [0, 0.05) is 6.04 Å². The fraction of sp³-hybridized carbons (Fsp3) is 0.333. The number of aromatic nitrogens is 2. The highest BCUT2D eigenvalue weighted by Gasteiger charge is 2.16. The average molecular weight is 287 g/mol. The summed E-state index contributed by atoms with van der Waals surface area (Å²) in [4.78, 5) is 16.4. The zero-order chi connectivity index (χ0) is 13.4. The minimum absolute atomic E-state index is 0.0169. The molecule has 4 nitrogen and oxygen atoms in total. The lowest BCUT2D eigenvalue weighted by molar-refractivity contribution is 0.478. The van der Waals surface area contributed by atoms with E-state index in [2.05, 4.69) is 4.98 Å². The average Bonchev–Trinajstić information content (AvgIpc) is 2.34. The van der Waals surface area contributed by atoms with Crippen molar-refractivity contribution in [3.63, 3.8) is 0 Å². The first-order chi connectivity index (χ1) is 8.47. The minimum atomic E-state index is -0.272. The van der Waals surface area contributed by atoms with Crippen LogP contribution in [-0.2, 0) is 0 Å². The Bertz CT molecular complexity index is 667. The molecule has 0 saturated heterocycles. The Morgan fingerprint density at radius 1 is 1.44 bits per heavy atom. The predicted octanol–water partition coefficient (Wildman–Crippen LogP) is 3.38. The van der Waals surface area contributed by atoms with Gasteiger partial charge in [0.1, 0.15) is 5.52 Å². The van der Waals surface area contributed by atoms with E-state index in [1.807, 2.05) is 13.8 Å². The fourth-order valence-electron chi connectivity index (χ4n) is 1.74. The van der Waals surface area contributed by atoms with Crippen LogP contribution in [0.25, 0.3) is 10.9 Å². The quantitative estimate of drug-likeness (QED) is 0.921. The summed E-state index contributed by atoms with van der Waals surface area (Å²) in [7, 11) is 0. The van der Waals surface area contributed by atoms with Gasteiger partial charge in [-0.15, -0.1) is 0 Å². The molecular weight excluding hydrogens is 275 g/mol. The minimum Gasteiger partial charge on any atom is -0.504 e. The van der Waals surface area contributed by atoms with Gasteiger partial charge < -0.3 is 5.11 Å². The second-order valence-corrected chi connectivity index (χ2v) is 4.94. The number of phenolic OH excluding ortho intramolecular Hbond substituents is 1. The third kappa shape index (κ3) is 1.95. The van der Waals surface area contributed by atoms with Crippen LogP contribution in [0.15, 0.2) is 17.2 Å². The molecule has 0 aliphatic rings. The number of fused-ring (bicyclic) bond motifs is 1. The van der Waals surface area contributed by atoms with Crippen molar-refractivity contribution < 1.29 is 5.11 Å². The summed E-state index contributed by atoms with van der Waals surface area (Å²) in [5.41, 5.74) is -0.136. The van der Waals surface area contributed by atoms with Crippen molar-refractivity contribution in [1.82, 2.24) is 9.55 Å². The molecule has 0 radical (unpaired) electrons. The third-order valence-corrected chi connectivity index (χ3v) is 3.59. The van der Waals surface area contributed by atoms with Crippen LogP contribution in [0.1, 0.15) is 26.3 Å². The van der Waals surface area contributed by atoms with Gasteiger partial charge in [-0.3, -0.25) is 9.36 Å². The smallest absolute Gasteiger partial charge is 0.263 e. The van der Waals surface area contributed by atoms with Crippen molar-refractivity contribution in [2.24, 2.45) is 0 Å². The fourth-order valence-corrected chi connectivity index (χ4v) is 2.27. The number of benzene rings is 1. The molecule has 96 valence electrons. The van der Waals surface area contributed by atoms with Crippen LogP contribution in [0.2, 0.25) is 10.0 Å². The molecule has 1 unspecified atom stereocenters. The molecule has 2 rings (SSSR count). The van der Waals surface area contributed by atoms with E-state index < -0.39 is 0 Å². The largest absolute Gasteiger partial charge is 0.504 e. The molecule has 0 amide bonds. The summed E-state index contributed by atoms with van der Waals surface area (Å²) in [6.07, 6.45) is 2.20. The molecule has 2 aromatic rings. The van der Waals surface area contributed by atoms with E-state index in [4.69, 9.17) is 23.2 Å². The van der Waals surface area contributed by atoms with Gasteiger partial charge >= 0.3 is 0 Å². The topological polar surface area (TPSA) is 55.1 Å². The van der Waals surface area contributed by atoms with Crippen LogP contribution in [0.4, 0.5) is 0 Å². The standard InChI is InChI=1S/C12H12Cl2N2O2/c1-3-6(2)16-5-15-10-9(12(16)18)7(13)4-8(14)11(10)17/h4-6,17H,3H2,1-2H3. The summed E-state index contributed by atoms with van der Waals surface area (Å²) in [5, 5.41) is 10.3. The molecule has 0 aliphatic carbocycles. The van der Waals surface area contributed by atoms with Crippen LogP contribution < -0.4 is 5.56 Å². The van der Waals surface area contributed by atoms with Crippen molar-refractivity contribution in [1.29, 1.82) is 0 Å². The van der Waals surface area contributed by atoms with Crippen LogP contribution in [0.3, 0.4) is 0 Å². The summed E-state index contributed by atoms with van der Waals surface area (Å²) in [5.74, 6) is -0.218. The van der Waals surface area contributed by atoms with E-state index in [1.165, 1.54) is 17.0 Å². The van der Waals surface area contributed by atoms with Crippen LogP contribution in [-0.4, -0.2) is 14.7 Å². The molecule has 1 aromatic carbocycles. The Balaban J connectivity index is 2.88. The number of rotatable bonds is 2. The van der Waals surface area contributed by atoms with Gasteiger partial charge in [0.2, 0.25) is 0 Å². The van der Waals surface area contributed by atoms with E-state index in [1.54, 1.807) is 0 Å². The van der Waals surface area contributed by atoms with Gasteiger partial charge in [0.25, 0.3) is 5.56 Å². The molecule has 0 bridgehead atoms. The first-order valence-corrected chi connectivity index (χ1v) is 6.30. The van der Waals surface area contributed by atoms with Crippen molar-refractivity contribution in [2.75, 3.05) is 0 Å². The van der Waals surface area contributed by atoms with Crippen LogP contribution >= 0.6 is 23.2 Å². The lowest BCUT2D eigenvalue weighted by Gasteiger charge is -2.13. The van der Waals surface area contributed by atoms with E-state index in [0.717, 1.165) is 6.42 Å². The molecule has 0 spiro atoms. The van der Waals surface area contributed by atoms with E-state index in [9.17, 15) is 9.90 Å². The van der Waals surface area contributed by atoms with Crippen molar-refractivity contribution in [3.8, 4) is 5.75 Å². The molecular formula is C12H12Cl2N2O2. The van der Waals surface area contributed by atoms with E-state index >= 15 is 0 Å². The van der Waals surface area contributed by atoms with Gasteiger partial charge in [0.15, 0.2) is 5.75 Å². The van der Waals surface area contributed by atoms with E-state index in [-0.39, 0.29) is 38.3 Å². The molecule has 0 aliphatic heterocycles. The Morgan fingerprint density at radius 3 is 2.72 bits per heavy atom. The lowest BCUT2D eigenvalue weighted by Crippen LogP contribution is -2.23. The van der Waals surface area contributed by atoms with Gasteiger partial charge in [-0.05, 0) is 19.4 Å². The van der Waals surface area contributed by atoms with Gasteiger partial charge in [-0.1, -0.05) is 30.1 Å². The Hall–Kier alpha value is -1.26. The number of aromatic hydroxyl groups is 1. The predicted molar refractivity (Wildman–Crippen MR) is 72.7 cm³/mol. The second-order valence-electron chi connectivity index (χ2n) is 4.13. The SMILES string of the molecule is CCC(C)n1cnc2c(O)c(Cl)cc(Cl)c2c1=O. The maximum absolute atomic E-state index is 12.3. The molecule has 6 heteroatoms. The highest BCUT2D eigenvalue weighted by molar-refractivity contribution is 6.39. The normalized spacial score (nSPS) is 12.9. The Morgan fingerprint density at radius 2 is 2.11 bits per heavy atom. The van der Waals surface area contributed by atoms with Gasteiger partial charge in [-0.25, -0.2) is 4.98 Å². The number of halogens is 2. The highest BCUT2D eigenvalue weighted by atomic mass is 35.5. The number of hydrogen-bond donors (Lipinski definition) is 1. The maximum atomic E-state index is 12.3. The molecule has 0 saturated carbocycles. The summed E-state index contributed by atoms with van der Waals surface area (Å²) < 4.78 is 1.50. The summed E-state index contributed by atoms with van der Waals surface area (Å²) in [6, 6.07) is 1.37. The Kier molecular flexibility index (Phi) is 3.50. The number of hydrogen-bond acceptors (Lipinski definition) is 3. The zero-order valence-electron chi connectivity index (χ0n) is 9.94. The summed E-state index contributed by atoms with van der Waals surface area (Å²) >= 11 is 11.8. The van der Waals surface area contributed by atoms with Crippen LogP contribution in [0, 0.1) is 0 Å². The van der Waals surface area contributed by atoms with Gasteiger partial charge in [0.05, 0.1) is 21.8 Å². The third-order valence-electron chi connectivity index (χ3n) is 3.00. The molecule has 1 atom stereocenters. The number of phenols is 1. The summed E-state index contributed by atoms with van der Waals surface area (Å²) in [6.45, 7) is 3.89. The van der Waals surface area contributed by atoms with Crippen molar-refractivity contribution in [2.45, 2.75) is 26.3 Å². The van der Waals surface area contributed by atoms with Gasteiger partial charge in [-0.2, -0.15) is 0 Å². The van der Waals surface area contributed by atoms with Crippen molar-refractivity contribution in [3.05, 3.63) is 32.8 Å². The second kappa shape index (κ2) is 4.78. The monoisotopic (exact) mass is 286 g/mol. The Labute approximate surface area is 114 Å². The molecule has 18 heavy (non-hydrogen) atoms. The van der Waals surface area contributed by atoms with E-state index in [0.29, 0.717) is 0 Å². The molecule has 1 aromatic heterocycles. The molecule has 1 N–H and O–H groups in total. The molecule has 0 fully saturated rings. The highest BCUT2D eigenvalue weighted by Crippen LogP contribution is 2.34. The van der Waals surface area contributed by atoms with Crippen LogP contribution in [0.5, 0.6) is 5.75 Å². The number of nitrogens with zero attached hydrogens (tertiary/aromatic N) is 2. The molecule has 1 heterocycles. The zero-order valence-corrected chi connectivity index (χ0v) is 11.5.